The molecule has 2 heterocycles. The van der Waals surface area contributed by atoms with Gasteiger partial charge in [0.15, 0.2) is 5.13 Å². The van der Waals surface area contributed by atoms with E-state index in [1.165, 1.54) is 0 Å². The number of hydrogen-bond donors (Lipinski definition) is 1. The van der Waals surface area contributed by atoms with Crippen LogP contribution >= 0.6 is 22.7 Å². The highest BCUT2D eigenvalue weighted by atomic mass is 32.1. The highest BCUT2D eigenvalue weighted by molar-refractivity contribution is 7.14. The number of nitrogens with zero attached hydrogens (tertiary/aromatic N) is 2. The second-order valence-electron chi connectivity index (χ2n) is 3.90. The molecule has 6 heteroatoms. The van der Waals surface area contributed by atoms with E-state index in [4.69, 9.17) is 4.74 Å². The molecule has 0 aliphatic rings. The average Bonchev–Trinajstić information content (AvgIpc) is 2.86. The second-order valence-corrected chi connectivity index (χ2v) is 5.70. The first-order valence-electron chi connectivity index (χ1n) is 5.35. The molecule has 0 bridgehead atoms. The number of ether oxygens (including phenoxy) is 1. The van der Waals surface area contributed by atoms with Crippen LogP contribution in [-0.2, 0) is 11.3 Å². The minimum atomic E-state index is 0.397. The van der Waals surface area contributed by atoms with Crippen molar-refractivity contribution in [1.29, 1.82) is 0 Å². The van der Waals surface area contributed by atoms with Gasteiger partial charge in [0.2, 0.25) is 0 Å². The minimum Gasteiger partial charge on any atom is -0.378 e. The summed E-state index contributed by atoms with van der Waals surface area (Å²) < 4.78 is 5.05. The average molecular weight is 269 g/mol. The third-order valence-corrected chi connectivity index (χ3v) is 3.59. The molecule has 0 saturated carbocycles. The van der Waals surface area contributed by atoms with Crippen molar-refractivity contribution >= 4 is 27.8 Å². The van der Waals surface area contributed by atoms with Crippen LogP contribution < -0.4 is 5.32 Å². The Kier molecular flexibility index (Phi) is 4.09. The Hall–Kier alpha value is -0.980. The van der Waals surface area contributed by atoms with E-state index in [1.807, 2.05) is 10.8 Å². The van der Waals surface area contributed by atoms with Gasteiger partial charge in [0.1, 0.15) is 16.4 Å². The van der Waals surface area contributed by atoms with Crippen molar-refractivity contribution in [3.05, 3.63) is 15.8 Å². The molecular formula is C11H15N3OS2. The van der Waals surface area contributed by atoms with Gasteiger partial charge >= 0.3 is 0 Å². The largest absolute Gasteiger partial charge is 0.378 e. The van der Waals surface area contributed by atoms with Crippen LogP contribution in [0.25, 0.3) is 11.4 Å². The van der Waals surface area contributed by atoms with Crippen LogP contribution in [0, 0.1) is 0 Å². The van der Waals surface area contributed by atoms with Crippen LogP contribution in [0.4, 0.5) is 5.13 Å². The number of nitrogens with one attached hydrogen (secondary N) is 1. The van der Waals surface area contributed by atoms with Gasteiger partial charge in [0.25, 0.3) is 0 Å². The van der Waals surface area contributed by atoms with Gasteiger partial charge in [-0.05, 0) is 13.8 Å². The molecule has 0 unspecified atom stereocenters. The van der Waals surface area contributed by atoms with Gasteiger partial charge in [-0.1, -0.05) is 0 Å². The summed E-state index contributed by atoms with van der Waals surface area (Å²) in [5, 5.41) is 9.25. The molecule has 0 fully saturated rings. The van der Waals surface area contributed by atoms with Crippen LogP contribution in [0.5, 0.6) is 0 Å². The monoisotopic (exact) mass is 269 g/mol. The topological polar surface area (TPSA) is 47.0 Å². The summed E-state index contributed by atoms with van der Waals surface area (Å²) in [6, 6.07) is 0.397. The van der Waals surface area contributed by atoms with E-state index in [2.05, 4.69) is 29.1 Å². The summed E-state index contributed by atoms with van der Waals surface area (Å²) in [6.45, 7) is 4.76. The fraction of sp³-hybridized carbons (Fsp3) is 0.455. The van der Waals surface area contributed by atoms with Crippen LogP contribution in [0.3, 0.4) is 0 Å². The molecule has 0 radical (unpaired) electrons. The van der Waals surface area contributed by atoms with E-state index in [0.29, 0.717) is 12.6 Å². The molecule has 4 nitrogen and oxygen atoms in total. The maximum atomic E-state index is 5.05. The minimum absolute atomic E-state index is 0.397. The Bertz CT molecular complexity index is 479. The van der Waals surface area contributed by atoms with E-state index in [1.54, 1.807) is 29.8 Å². The van der Waals surface area contributed by atoms with Gasteiger partial charge in [-0.15, -0.1) is 22.7 Å². The SMILES string of the molecule is COCc1nc(-c2csc(NC(C)C)n2)cs1. The van der Waals surface area contributed by atoms with Gasteiger partial charge in [-0.3, -0.25) is 0 Å². The Morgan fingerprint density at radius 2 is 1.94 bits per heavy atom. The van der Waals surface area contributed by atoms with Gasteiger partial charge in [0, 0.05) is 23.9 Å². The standard InChI is InChI=1S/C11H15N3OS2/c1-7(2)12-11-14-9(6-17-11)8-5-16-10(13-8)4-15-3/h5-7H,4H2,1-3H3,(H,12,14). The van der Waals surface area contributed by atoms with Crippen molar-refractivity contribution in [3.63, 3.8) is 0 Å². The zero-order chi connectivity index (χ0) is 12.3. The zero-order valence-electron chi connectivity index (χ0n) is 10.1. The number of aromatic nitrogens is 2. The molecule has 0 aromatic carbocycles. The Balaban J connectivity index is 2.12. The molecule has 0 saturated heterocycles. The lowest BCUT2D eigenvalue weighted by atomic mass is 10.4. The van der Waals surface area contributed by atoms with Crippen LogP contribution in [0.1, 0.15) is 18.9 Å². The molecule has 0 amide bonds. The van der Waals surface area contributed by atoms with Gasteiger partial charge < -0.3 is 10.1 Å². The fourth-order valence-corrected chi connectivity index (χ4v) is 2.93. The van der Waals surface area contributed by atoms with Crippen molar-refractivity contribution in [1.82, 2.24) is 9.97 Å². The highest BCUT2D eigenvalue weighted by Gasteiger charge is 2.09. The quantitative estimate of drug-likeness (QED) is 0.905. The highest BCUT2D eigenvalue weighted by Crippen LogP contribution is 2.26. The molecule has 92 valence electrons. The molecule has 0 aliphatic heterocycles. The van der Waals surface area contributed by atoms with Gasteiger partial charge in [-0.2, -0.15) is 0 Å². The predicted molar refractivity (Wildman–Crippen MR) is 72.7 cm³/mol. The Morgan fingerprint density at radius 3 is 2.65 bits per heavy atom. The lowest BCUT2D eigenvalue weighted by Crippen LogP contribution is -2.08. The molecule has 1 N–H and O–H groups in total. The van der Waals surface area contributed by atoms with E-state index in [-0.39, 0.29) is 0 Å². The molecule has 2 aromatic rings. The van der Waals surface area contributed by atoms with Gasteiger partial charge in [0.05, 0.1) is 6.61 Å². The lowest BCUT2D eigenvalue weighted by molar-refractivity contribution is 0.184. The van der Waals surface area contributed by atoms with E-state index >= 15 is 0 Å². The van der Waals surface area contributed by atoms with Crippen molar-refractivity contribution in [3.8, 4) is 11.4 Å². The molecule has 0 spiro atoms. The molecule has 0 aliphatic carbocycles. The Morgan fingerprint density at radius 1 is 1.24 bits per heavy atom. The molecule has 2 rings (SSSR count). The second kappa shape index (κ2) is 5.57. The molecule has 17 heavy (non-hydrogen) atoms. The summed E-state index contributed by atoms with van der Waals surface area (Å²) in [4.78, 5) is 8.98. The zero-order valence-corrected chi connectivity index (χ0v) is 11.7. The summed E-state index contributed by atoms with van der Waals surface area (Å²) in [6.07, 6.45) is 0. The van der Waals surface area contributed by atoms with Crippen molar-refractivity contribution < 1.29 is 4.74 Å². The summed E-state index contributed by atoms with van der Waals surface area (Å²) in [5.74, 6) is 0. The fourth-order valence-electron chi connectivity index (χ4n) is 1.32. The number of hydrogen-bond acceptors (Lipinski definition) is 6. The molecule has 2 aromatic heterocycles. The summed E-state index contributed by atoms with van der Waals surface area (Å²) in [7, 11) is 1.68. The third-order valence-electron chi connectivity index (χ3n) is 2.00. The first kappa shape index (κ1) is 12.5. The first-order chi connectivity index (χ1) is 8.19. The summed E-state index contributed by atoms with van der Waals surface area (Å²) >= 11 is 3.21. The Labute approximate surface area is 109 Å². The third kappa shape index (κ3) is 3.24. The number of rotatable bonds is 5. The molecule has 0 atom stereocenters. The predicted octanol–water partition coefficient (Wildman–Crippen LogP) is 3.23. The molecular weight excluding hydrogens is 254 g/mol. The van der Waals surface area contributed by atoms with Crippen molar-refractivity contribution in [2.45, 2.75) is 26.5 Å². The maximum absolute atomic E-state index is 5.05. The number of methoxy groups -OCH3 is 1. The van der Waals surface area contributed by atoms with E-state index in [0.717, 1.165) is 21.5 Å². The van der Waals surface area contributed by atoms with Gasteiger partial charge in [-0.25, -0.2) is 9.97 Å². The van der Waals surface area contributed by atoms with E-state index in [9.17, 15) is 0 Å². The van der Waals surface area contributed by atoms with Crippen molar-refractivity contribution in [2.24, 2.45) is 0 Å². The van der Waals surface area contributed by atoms with Crippen LogP contribution in [0.15, 0.2) is 10.8 Å². The lowest BCUT2D eigenvalue weighted by Gasteiger charge is -2.04. The van der Waals surface area contributed by atoms with E-state index < -0.39 is 0 Å². The first-order valence-corrected chi connectivity index (χ1v) is 7.10. The van der Waals surface area contributed by atoms with Crippen LogP contribution in [-0.4, -0.2) is 23.1 Å². The number of thiazole rings is 2. The van der Waals surface area contributed by atoms with Crippen molar-refractivity contribution in [2.75, 3.05) is 12.4 Å². The smallest absolute Gasteiger partial charge is 0.183 e. The van der Waals surface area contributed by atoms with Crippen LogP contribution in [0.2, 0.25) is 0 Å². The summed E-state index contributed by atoms with van der Waals surface area (Å²) in [5.41, 5.74) is 1.85. The normalized spacial score (nSPS) is 11.1. The number of anilines is 1. The maximum Gasteiger partial charge on any atom is 0.183 e.